The zero-order valence-electron chi connectivity index (χ0n) is 12.0. The van der Waals surface area contributed by atoms with Gasteiger partial charge in [0.1, 0.15) is 0 Å². The second kappa shape index (κ2) is 6.26. The number of hydrogen-bond donors (Lipinski definition) is 1. The average molecular weight is 267 g/mol. The molecule has 2 fully saturated rings. The summed E-state index contributed by atoms with van der Waals surface area (Å²) in [5.41, 5.74) is 0. The highest BCUT2D eigenvalue weighted by molar-refractivity contribution is 5.79. The van der Waals surface area contributed by atoms with Crippen LogP contribution < -0.4 is 5.32 Å². The van der Waals surface area contributed by atoms with Crippen molar-refractivity contribution in [3.8, 4) is 0 Å². The minimum Gasteiger partial charge on any atom is -0.359 e. The van der Waals surface area contributed by atoms with E-state index in [4.69, 9.17) is 0 Å². The summed E-state index contributed by atoms with van der Waals surface area (Å²) in [6.45, 7) is 5.44. The number of rotatable bonds is 1. The molecule has 2 saturated heterocycles. The molecule has 0 spiro atoms. The number of carbonyl (C=O) groups excluding carboxylic acids is 2. The molecule has 2 heterocycles. The number of likely N-dealkylation sites (tertiary alicyclic amines) is 2. The van der Waals surface area contributed by atoms with Crippen LogP contribution in [-0.2, 0) is 4.79 Å². The molecule has 0 unspecified atom stereocenters. The fraction of sp³-hybridized carbons (Fsp3) is 0.857. The molecule has 0 aliphatic carbocycles. The van der Waals surface area contributed by atoms with E-state index in [1.807, 2.05) is 9.80 Å². The van der Waals surface area contributed by atoms with E-state index in [2.05, 4.69) is 12.2 Å². The lowest BCUT2D eigenvalue weighted by molar-refractivity contribution is -0.125. The van der Waals surface area contributed by atoms with Gasteiger partial charge in [-0.15, -0.1) is 0 Å². The van der Waals surface area contributed by atoms with Crippen LogP contribution in [0.4, 0.5) is 4.79 Å². The Labute approximate surface area is 115 Å². The standard InChI is InChI=1S/C14H25N3O2/c1-11-3-7-16(8-4-11)14(19)17-9-5-12(6-10-17)13(18)15-2/h11-12H,3-10H2,1-2H3,(H,15,18). The fourth-order valence-electron chi connectivity index (χ4n) is 2.94. The molecule has 0 aromatic rings. The van der Waals surface area contributed by atoms with Crippen LogP contribution in [0.1, 0.15) is 32.6 Å². The summed E-state index contributed by atoms with van der Waals surface area (Å²) in [7, 11) is 1.68. The van der Waals surface area contributed by atoms with Gasteiger partial charge in [0, 0.05) is 39.1 Å². The number of hydrogen-bond acceptors (Lipinski definition) is 2. The molecule has 2 rings (SSSR count). The van der Waals surface area contributed by atoms with Crippen LogP contribution in [0, 0.1) is 11.8 Å². The second-order valence-corrected chi connectivity index (χ2v) is 5.83. The summed E-state index contributed by atoms with van der Waals surface area (Å²) in [5.74, 6) is 0.928. The van der Waals surface area contributed by atoms with Crippen LogP contribution in [0.25, 0.3) is 0 Å². The minimum absolute atomic E-state index is 0.0791. The van der Waals surface area contributed by atoms with Crippen molar-refractivity contribution in [2.45, 2.75) is 32.6 Å². The van der Waals surface area contributed by atoms with Crippen LogP contribution in [0.2, 0.25) is 0 Å². The number of piperidine rings is 2. The first-order valence-corrected chi connectivity index (χ1v) is 7.37. The zero-order valence-corrected chi connectivity index (χ0v) is 12.0. The highest BCUT2D eigenvalue weighted by Crippen LogP contribution is 2.21. The molecule has 5 nitrogen and oxygen atoms in total. The Morgan fingerprint density at radius 3 is 1.89 bits per heavy atom. The SMILES string of the molecule is CNC(=O)C1CCN(C(=O)N2CCC(C)CC2)CC1. The van der Waals surface area contributed by atoms with Gasteiger partial charge in [0.25, 0.3) is 0 Å². The van der Waals surface area contributed by atoms with Crippen LogP contribution in [-0.4, -0.2) is 55.0 Å². The number of nitrogens with zero attached hydrogens (tertiary/aromatic N) is 2. The molecule has 2 aliphatic heterocycles. The van der Waals surface area contributed by atoms with Gasteiger partial charge >= 0.3 is 6.03 Å². The number of amides is 3. The van der Waals surface area contributed by atoms with E-state index < -0.39 is 0 Å². The van der Waals surface area contributed by atoms with E-state index in [1.54, 1.807) is 7.05 Å². The summed E-state index contributed by atoms with van der Waals surface area (Å²) in [6, 6.07) is 0.169. The van der Waals surface area contributed by atoms with Crippen molar-refractivity contribution in [2.75, 3.05) is 33.2 Å². The molecular weight excluding hydrogens is 242 g/mol. The zero-order chi connectivity index (χ0) is 13.8. The molecule has 1 N–H and O–H groups in total. The Morgan fingerprint density at radius 2 is 1.42 bits per heavy atom. The molecule has 0 aromatic heterocycles. The summed E-state index contributed by atoms with van der Waals surface area (Å²) in [4.78, 5) is 27.8. The van der Waals surface area contributed by atoms with Crippen LogP contribution in [0.5, 0.6) is 0 Å². The van der Waals surface area contributed by atoms with E-state index in [0.717, 1.165) is 44.7 Å². The predicted octanol–water partition coefficient (Wildman–Crippen LogP) is 1.30. The lowest BCUT2D eigenvalue weighted by atomic mass is 9.96. The first-order chi connectivity index (χ1) is 9.11. The first kappa shape index (κ1) is 14.2. The van der Waals surface area contributed by atoms with Gasteiger partial charge in [-0.05, 0) is 31.6 Å². The Hall–Kier alpha value is -1.26. The third-order valence-corrected chi connectivity index (χ3v) is 4.44. The molecule has 5 heteroatoms. The molecule has 0 aromatic carbocycles. The summed E-state index contributed by atoms with van der Waals surface area (Å²) >= 11 is 0. The Bertz CT molecular complexity index is 330. The van der Waals surface area contributed by atoms with Crippen LogP contribution in [0.3, 0.4) is 0 Å². The van der Waals surface area contributed by atoms with Gasteiger partial charge in [-0.1, -0.05) is 6.92 Å². The minimum atomic E-state index is 0.0791. The van der Waals surface area contributed by atoms with Gasteiger partial charge in [-0.2, -0.15) is 0 Å². The molecular formula is C14H25N3O2. The highest BCUT2D eigenvalue weighted by Gasteiger charge is 2.30. The maximum atomic E-state index is 12.4. The third-order valence-electron chi connectivity index (χ3n) is 4.44. The van der Waals surface area contributed by atoms with Gasteiger partial charge < -0.3 is 15.1 Å². The van der Waals surface area contributed by atoms with E-state index in [0.29, 0.717) is 13.1 Å². The fourth-order valence-corrected chi connectivity index (χ4v) is 2.94. The molecule has 108 valence electrons. The number of carbonyl (C=O) groups is 2. The van der Waals surface area contributed by atoms with Crippen molar-refractivity contribution in [2.24, 2.45) is 11.8 Å². The van der Waals surface area contributed by atoms with Crippen molar-refractivity contribution >= 4 is 11.9 Å². The molecule has 0 saturated carbocycles. The largest absolute Gasteiger partial charge is 0.359 e. The molecule has 0 atom stereocenters. The van der Waals surface area contributed by atoms with E-state index in [1.165, 1.54) is 0 Å². The van der Waals surface area contributed by atoms with Crippen molar-refractivity contribution in [1.29, 1.82) is 0 Å². The Balaban J connectivity index is 1.81. The van der Waals surface area contributed by atoms with Gasteiger partial charge in [0.05, 0.1) is 0 Å². The van der Waals surface area contributed by atoms with Crippen LogP contribution in [0.15, 0.2) is 0 Å². The average Bonchev–Trinajstić information content (AvgIpc) is 2.46. The summed E-state index contributed by atoms with van der Waals surface area (Å²) < 4.78 is 0. The third kappa shape index (κ3) is 3.39. The van der Waals surface area contributed by atoms with Gasteiger partial charge in [-0.3, -0.25) is 4.79 Å². The van der Waals surface area contributed by atoms with Gasteiger partial charge in [0.2, 0.25) is 5.91 Å². The lowest BCUT2D eigenvalue weighted by Crippen LogP contribution is -2.50. The summed E-state index contributed by atoms with van der Waals surface area (Å²) in [5, 5.41) is 2.69. The van der Waals surface area contributed by atoms with Gasteiger partial charge in [-0.25, -0.2) is 4.79 Å². The van der Waals surface area contributed by atoms with Crippen molar-refractivity contribution in [3.63, 3.8) is 0 Å². The smallest absolute Gasteiger partial charge is 0.319 e. The van der Waals surface area contributed by atoms with Crippen molar-refractivity contribution in [1.82, 2.24) is 15.1 Å². The lowest BCUT2D eigenvalue weighted by Gasteiger charge is -2.37. The van der Waals surface area contributed by atoms with Crippen molar-refractivity contribution in [3.05, 3.63) is 0 Å². The molecule has 0 bridgehead atoms. The van der Waals surface area contributed by atoms with E-state index in [-0.39, 0.29) is 17.9 Å². The monoisotopic (exact) mass is 267 g/mol. The Morgan fingerprint density at radius 1 is 0.947 bits per heavy atom. The molecule has 19 heavy (non-hydrogen) atoms. The van der Waals surface area contributed by atoms with E-state index >= 15 is 0 Å². The molecule has 2 aliphatic rings. The maximum absolute atomic E-state index is 12.4. The van der Waals surface area contributed by atoms with Crippen LogP contribution >= 0.6 is 0 Å². The first-order valence-electron chi connectivity index (χ1n) is 7.37. The molecule has 3 amide bonds. The maximum Gasteiger partial charge on any atom is 0.319 e. The predicted molar refractivity (Wildman–Crippen MR) is 73.7 cm³/mol. The Kier molecular flexibility index (Phi) is 4.66. The molecule has 0 radical (unpaired) electrons. The second-order valence-electron chi connectivity index (χ2n) is 5.83. The number of nitrogens with one attached hydrogen (secondary N) is 1. The topological polar surface area (TPSA) is 52.7 Å². The normalized spacial score (nSPS) is 22.4. The number of urea groups is 1. The van der Waals surface area contributed by atoms with Gasteiger partial charge in [0.15, 0.2) is 0 Å². The highest BCUT2D eigenvalue weighted by atomic mass is 16.2. The van der Waals surface area contributed by atoms with E-state index in [9.17, 15) is 9.59 Å². The van der Waals surface area contributed by atoms with Crippen molar-refractivity contribution < 1.29 is 9.59 Å². The quantitative estimate of drug-likeness (QED) is 0.778. The summed E-state index contributed by atoms with van der Waals surface area (Å²) in [6.07, 6.45) is 3.80.